The maximum atomic E-state index is 12.2. The van der Waals surface area contributed by atoms with Crippen LogP contribution in [0, 0.1) is 0 Å². The van der Waals surface area contributed by atoms with E-state index in [1.165, 1.54) is 12.5 Å². The van der Waals surface area contributed by atoms with Crippen LogP contribution >= 0.6 is 0 Å². The van der Waals surface area contributed by atoms with Crippen LogP contribution in [0.5, 0.6) is 0 Å². The molecule has 0 atom stereocenters. The predicted molar refractivity (Wildman–Crippen MR) is 88.3 cm³/mol. The van der Waals surface area contributed by atoms with Gasteiger partial charge in [0.1, 0.15) is 6.26 Å². The van der Waals surface area contributed by atoms with E-state index in [1.807, 2.05) is 17.0 Å². The first-order valence-electron chi connectivity index (χ1n) is 8.22. The van der Waals surface area contributed by atoms with Gasteiger partial charge < -0.3 is 14.6 Å². The lowest BCUT2D eigenvalue weighted by Gasteiger charge is -2.32. The molecular formula is C18H21N3O3. The molecular weight excluding hydrogens is 306 g/mol. The molecule has 2 aromatic rings. The van der Waals surface area contributed by atoms with Crippen molar-refractivity contribution in [1.82, 2.24) is 15.2 Å². The number of piperidine rings is 1. The molecule has 3 rings (SSSR count). The summed E-state index contributed by atoms with van der Waals surface area (Å²) in [4.78, 5) is 30.1. The van der Waals surface area contributed by atoms with Crippen molar-refractivity contribution in [2.24, 2.45) is 0 Å². The number of hydrogen-bond donors (Lipinski definition) is 1. The normalized spacial score (nSPS) is 15.2. The topological polar surface area (TPSA) is 75.4 Å². The van der Waals surface area contributed by atoms with Gasteiger partial charge in [0.05, 0.1) is 11.8 Å². The summed E-state index contributed by atoms with van der Waals surface area (Å²) in [5.74, 6) is 0.0450. The summed E-state index contributed by atoms with van der Waals surface area (Å²) in [6.07, 6.45) is 9.19. The molecule has 2 aromatic heterocycles. The first-order valence-corrected chi connectivity index (χ1v) is 8.22. The van der Waals surface area contributed by atoms with Crippen molar-refractivity contribution in [2.75, 3.05) is 13.1 Å². The highest BCUT2D eigenvalue weighted by molar-refractivity contribution is 5.93. The molecule has 126 valence electrons. The van der Waals surface area contributed by atoms with E-state index in [9.17, 15) is 9.59 Å². The Kier molecular flexibility index (Phi) is 5.25. The van der Waals surface area contributed by atoms with Crippen molar-refractivity contribution < 1.29 is 14.0 Å². The largest absolute Gasteiger partial charge is 0.472 e. The lowest BCUT2D eigenvalue weighted by atomic mass is 10.0. The van der Waals surface area contributed by atoms with Crippen molar-refractivity contribution in [3.8, 4) is 0 Å². The third-order valence-corrected chi connectivity index (χ3v) is 4.28. The van der Waals surface area contributed by atoms with Crippen molar-refractivity contribution >= 4 is 11.8 Å². The molecule has 0 spiro atoms. The maximum absolute atomic E-state index is 12.2. The highest BCUT2D eigenvalue weighted by Crippen LogP contribution is 2.14. The van der Waals surface area contributed by atoms with Crippen LogP contribution in [0.2, 0.25) is 0 Å². The van der Waals surface area contributed by atoms with Crippen molar-refractivity contribution in [3.63, 3.8) is 0 Å². The molecule has 0 aliphatic carbocycles. The van der Waals surface area contributed by atoms with Crippen LogP contribution in [0.1, 0.15) is 35.2 Å². The number of nitrogens with zero attached hydrogens (tertiary/aromatic N) is 2. The standard InChI is InChI=1S/C18H21N3O3/c22-17(4-3-14-2-1-8-19-12-14)20-16-5-9-21(10-6-16)18(23)15-7-11-24-13-15/h1-2,7-8,11-13,16H,3-6,9-10H2,(H,20,22). The SMILES string of the molecule is O=C(CCc1cccnc1)NC1CCN(C(=O)c2ccoc2)CC1. The molecule has 1 N–H and O–H groups in total. The van der Waals surface area contributed by atoms with Crippen LogP contribution in [0.3, 0.4) is 0 Å². The first kappa shape index (κ1) is 16.2. The van der Waals surface area contributed by atoms with Crippen molar-refractivity contribution in [1.29, 1.82) is 0 Å². The molecule has 2 amide bonds. The Labute approximate surface area is 140 Å². The average Bonchev–Trinajstić information content (AvgIpc) is 3.16. The smallest absolute Gasteiger partial charge is 0.257 e. The molecule has 0 radical (unpaired) electrons. The van der Waals surface area contributed by atoms with Gasteiger partial charge in [0.15, 0.2) is 0 Å². The summed E-state index contributed by atoms with van der Waals surface area (Å²) in [6, 6.07) is 5.66. The molecule has 1 fully saturated rings. The fourth-order valence-electron chi connectivity index (χ4n) is 2.90. The molecule has 1 aliphatic rings. The summed E-state index contributed by atoms with van der Waals surface area (Å²) in [6.45, 7) is 1.30. The number of pyridine rings is 1. The Hall–Kier alpha value is -2.63. The zero-order chi connectivity index (χ0) is 16.8. The number of nitrogens with one attached hydrogen (secondary N) is 1. The Morgan fingerprint density at radius 1 is 1.29 bits per heavy atom. The summed E-state index contributed by atoms with van der Waals surface area (Å²) >= 11 is 0. The monoisotopic (exact) mass is 327 g/mol. The van der Waals surface area contributed by atoms with Crippen LogP contribution in [-0.2, 0) is 11.2 Å². The van der Waals surface area contributed by atoms with Gasteiger partial charge in [0.2, 0.25) is 5.91 Å². The second kappa shape index (κ2) is 7.77. The minimum atomic E-state index is -0.00916. The zero-order valence-corrected chi connectivity index (χ0v) is 13.5. The molecule has 24 heavy (non-hydrogen) atoms. The summed E-state index contributed by atoms with van der Waals surface area (Å²) in [7, 11) is 0. The van der Waals surface area contributed by atoms with Gasteiger partial charge >= 0.3 is 0 Å². The van der Waals surface area contributed by atoms with Gasteiger partial charge in [-0.05, 0) is 37.0 Å². The van der Waals surface area contributed by atoms with E-state index in [2.05, 4.69) is 10.3 Å². The van der Waals surface area contributed by atoms with E-state index >= 15 is 0 Å². The molecule has 6 nitrogen and oxygen atoms in total. The Bertz CT molecular complexity index is 662. The average molecular weight is 327 g/mol. The third kappa shape index (κ3) is 4.22. The summed E-state index contributed by atoms with van der Waals surface area (Å²) in [5.41, 5.74) is 1.64. The number of aryl methyl sites for hydroxylation is 1. The van der Waals surface area contributed by atoms with Crippen LogP contribution in [0.25, 0.3) is 0 Å². The quantitative estimate of drug-likeness (QED) is 0.912. The van der Waals surface area contributed by atoms with Gasteiger partial charge in [-0.25, -0.2) is 0 Å². The van der Waals surface area contributed by atoms with Gasteiger partial charge in [-0.15, -0.1) is 0 Å². The van der Waals surface area contributed by atoms with Crippen molar-refractivity contribution in [2.45, 2.75) is 31.7 Å². The molecule has 1 aliphatic heterocycles. The first-order chi connectivity index (χ1) is 11.7. The zero-order valence-electron chi connectivity index (χ0n) is 13.5. The molecule has 0 bridgehead atoms. The van der Waals surface area contributed by atoms with Crippen LogP contribution in [-0.4, -0.2) is 40.8 Å². The van der Waals surface area contributed by atoms with E-state index in [0.717, 1.165) is 18.4 Å². The summed E-state index contributed by atoms with van der Waals surface area (Å²) < 4.78 is 4.95. The van der Waals surface area contributed by atoms with E-state index in [1.54, 1.807) is 18.5 Å². The lowest BCUT2D eigenvalue weighted by Crippen LogP contribution is -2.46. The fourth-order valence-corrected chi connectivity index (χ4v) is 2.90. The van der Waals surface area contributed by atoms with Gasteiger partial charge in [-0.3, -0.25) is 14.6 Å². The van der Waals surface area contributed by atoms with Crippen molar-refractivity contribution in [3.05, 3.63) is 54.2 Å². The third-order valence-electron chi connectivity index (χ3n) is 4.28. The molecule has 0 saturated carbocycles. The van der Waals surface area contributed by atoms with Crippen LogP contribution < -0.4 is 5.32 Å². The minimum absolute atomic E-state index is 0.00916. The number of aromatic nitrogens is 1. The van der Waals surface area contributed by atoms with E-state index < -0.39 is 0 Å². The molecule has 6 heteroatoms. The number of carbonyl (C=O) groups excluding carboxylic acids is 2. The van der Waals surface area contributed by atoms with Gasteiger partial charge in [-0.1, -0.05) is 6.07 Å². The Morgan fingerprint density at radius 2 is 2.12 bits per heavy atom. The predicted octanol–water partition coefficient (Wildman–Crippen LogP) is 2.03. The van der Waals surface area contributed by atoms with Gasteiger partial charge in [0.25, 0.3) is 5.91 Å². The lowest BCUT2D eigenvalue weighted by molar-refractivity contribution is -0.122. The molecule has 0 aromatic carbocycles. The highest BCUT2D eigenvalue weighted by Gasteiger charge is 2.24. The maximum Gasteiger partial charge on any atom is 0.257 e. The van der Waals surface area contributed by atoms with E-state index in [4.69, 9.17) is 4.42 Å². The molecule has 3 heterocycles. The van der Waals surface area contributed by atoms with Gasteiger partial charge in [0, 0.05) is 37.9 Å². The fraction of sp³-hybridized carbons (Fsp3) is 0.389. The summed E-state index contributed by atoms with van der Waals surface area (Å²) in [5, 5.41) is 3.07. The molecule has 0 unspecified atom stereocenters. The van der Waals surface area contributed by atoms with Crippen LogP contribution in [0.15, 0.2) is 47.5 Å². The second-order valence-electron chi connectivity index (χ2n) is 6.01. The second-order valence-corrected chi connectivity index (χ2v) is 6.01. The number of furan rings is 1. The number of likely N-dealkylation sites (tertiary alicyclic amines) is 1. The Morgan fingerprint density at radius 3 is 2.79 bits per heavy atom. The van der Waals surface area contributed by atoms with Crippen LogP contribution in [0.4, 0.5) is 0 Å². The number of carbonyl (C=O) groups is 2. The van der Waals surface area contributed by atoms with E-state index in [-0.39, 0.29) is 17.9 Å². The minimum Gasteiger partial charge on any atom is -0.472 e. The number of rotatable bonds is 5. The Balaban J connectivity index is 1.40. The molecule has 1 saturated heterocycles. The van der Waals surface area contributed by atoms with E-state index in [0.29, 0.717) is 31.5 Å². The highest BCUT2D eigenvalue weighted by atomic mass is 16.3. The number of amides is 2. The van der Waals surface area contributed by atoms with Gasteiger partial charge in [-0.2, -0.15) is 0 Å². The number of hydrogen-bond acceptors (Lipinski definition) is 4.